The second kappa shape index (κ2) is 4.13. The first kappa shape index (κ1) is 9.09. The van der Waals surface area contributed by atoms with Gasteiger partial charge in [0.25, 0.3) is 0 Å². The van der Waals surface area contributed by atoms with Gasteiger partial charge in [0.15, 0.2) is 0 Å². The predicted molar refractivity (Wildman–Crippen MR) is 50.3 cm³/mol. The summed E-state index contributed by atoms with van der Waals surface area (Å²) < 4.78 is 0. The molecule has 0 aromatic rings. The van der Waals surface area contributed by atoms with E-state index in [2.05, 4.69) is 20.8 Å². The summed E-state index contributed by atoms with van der Waals surface area (Å²) in [6.07, 6.45) is 7.15. The maximum atomic E-state index is 2.40. The van der Waals surface area contributed by atoms with Gasteiger partial charge in [-0.25, -0.2) is 0 Å². The maximum absolute atomic E-state index is 2.40. The van der Waals surface area contributed by atoms with Crippen molar-refractivity contribution in [2.45, 2.75) is 52.9 Å². The third-order valence-electron chi connectivity index (χ3n) is 2.75. The van der Waals surface area contributed by atoms with E-state index in [4.69, 9.17) is 0 Å². The average molecular weight is 153 g/mol. The molecular weight excluding hydrogens is 132 g/mol. The zero-order chi connectivity index (χ0) is 8.27. The molecule has 0 heterocycles. The van der Waals surface area contributed by atoms with Gasteiger partial charge in [0, 0.05) is 0 Å². The molecule has 0 heteroatoms. The lowest BCUT2D eigenvalue weighted by molar-refractivity contribution is 0.374. The summed E-state index contributed by atoms with van der Waals surface area (Å²) >= 11 is 0. The van der Waals surface area contributed by atoms with Crippen LogP contribution in [0.15, 0.2) is 0 Å². The van der Waals surface area contributed by atoms with Crippen molar-refractivity contribution in [3.63, 3.8) is 0 Å². The molecule has 65 valence electrons. The third-order valence-corrected chi connectivity index (χ3v) is 2.75. The Hall–Kier alpha value is 0. The third kappa shape index (κ3) is 2.84. The molecule has 0 aliphatic heterocycles. The standard InChI is InChI=1S/C11H21/c1-9(2)8-11-7-5-4-6-10(11)3/h9-10H,4-8H2,1-3H3. The minimum Gasteiger partial charge on any atom is -0.0628 e. The topological polar surface area (TPSA) is 0 Å². The van der Waals surface area contributed by atoms with Crippen molar-refractivity contribution < 1.29 is 0 Å². The SMILES string of the molecule is CC(C)C[C]1CCCCC1C. The lowest BCUT2D eigenvalue weighted by Gasteiger charge is -2.29. The molecule has 0 aromatic heterocycles. The monoisotopic (exact) mass is 153 g/mol. The molecular formula is C11H21. The highest BCUT2D eigenvalue weighted by Gasteiger charge is 2.21. The van der Waals surface area contributed by atoms with E-state index < -0.39 is 0 Å². The highest BCUT2D eigenvalue weighted by atomic mass is 14.3. The van der Waals surface area contributed by atoms with Crippen LogP contribution in [-0.4, -0.2) is 0 Å². The van der Waals surface area contributed by atoms with Crippen molar-refractivity contribution in [2.75, 3.05) is 0 Å². The van der Waals surface area contributed by atoms with E-state index in [1.807, 2.05) is 5.92 Å². The summed E-state index contributed by atoms with van der Waals surface area (Å²) in [4.78, 5) is 0. The van der Waals surface area contributed by atoms with Gasteiger partial charge in [-0.3, -0.25) is 0 Å². The van der Waals surface area contributed by atoms with Crippen molar-refractivity contribution in [1.29, 1.82) is 0 Å². The molecule has 1 aliphatic carbocycles. The summed E-state index contributed by atoms with van der Waals surface area (Å²) in [6.45, 7) is 7.06. The highest BCUT2D eigenvalue weighted by Crippen LogP contribution is 2.35. The first-order valence-corrected chi connectivity index (χ1v) is 5.04. The summed E-state index contributed by atoms with van der Waals surface area (Å²) in [6, 6.07) is 0. The minimum atomic E-state index is 0.866. The molecule has 1 aliphatic rings. The first-order valence-electron chi connectivity index (χ1n) is 5.04. The highest BCUT2D eigenvalue weighted by molar-refractivity contribution is 4.97. The summed E-state index contributed by atoms with van der Waals surface area (Å²) in [7, 11) is 0. The van der Waals surface area contributed by atoms with Crippen LogP contribution in [0.4, 0.5) is 0 Å². The molecule has 0 nitrogen and oxygen atoms in total. The van der Waals surface area contributed by atoms with Crippen LogP contribution in [0.2, 0.25) is 0 Å². The normalized spacial score (nSPS) is 27.8. The Bertz CT molecular complexity index is 105. The van der Waals surface area contributed by atoms with E-state index in [-0.39, 0.29) is 0 Å². The lowest BCUT2D eigenvalue weighted by atomic mass is 9.76. The molecule has 11 heavy (non-hydrogen) atoms. The maximum Gasteiger partial charge on any atom is -0.0210 e. The van der Waals surface area contributed by atoms with Crippen molar-refractivity contribution >= 4 is 0 Å². The van der Waals surface area contributed by atoms with E-state index in [1.165, 1.54) is 32.1 Å². The van der Waals surface area contributed by atoms with Gasteiger partial charge in [0.05, 0.1) is 0 Å². The van der Waals surface area contributed by atoms with Gasteiger partial charge in [0.2, 0.25) is 0 Å². The van der Waals surface area contributed by atoms with Gasteiger partial charge in [0.1, 0.15) is 0 Å². The fraction of sp³-hybridized carbons (Fsp3) is 0.909. The van der Waals surface area contributed by atoms with Gasteiger partial charge in [-0.2, -0.15) is 0 Å². The van der Waals surface area contributed by atoms with Crippen LogP contribution < -0.4 is 0 Å². The molecule has 1 unspecified atom stereocenters. The van der Waals surface area contributed by atoms with Crippen molar-refractivity contribution in [2.24, 2.45) is 11.8 Å². The number of rotatable bonds is 2. The second-order valence-electron chi connectivity index (χ2n) is 4.40. The van der Waals surface area contributed by atoms with Crippen molar-refractivity contribution in [1.82, 2.24) is 0 Å². The van der Waals surface area contributed by atoms with Crippen LogP contribution in [0.25, 0.3) is 0 Å². The Balaban J connectivity index is 2.29. The minimum absolute atomic E-state index is 0.866. The van der Waals surface area contributed by atoms with E-state index in [0.717, 1.165) is 11.8 Å². The zero-order valence-electron chi connectivity index (χ0n) is 8.19. The zero-order valence-corrected chi connectivity index (χ0v) is 8.19. The molecule has 0 aromatic carbocycles. The molecule has 0 saturated heterocycles. The van der Waals surface area contributed by atoms with Gasteiger partial charge in [-0.05, 0) is 30.6 Å². The molecule has 1 rings (SSSR count). The van der Waals surface area contributed by atoms with Crippen LogP contribution >= 0.6 is 0 Å². The van der Waals surface area contributed by atoms with Crippen LogP contribution in [0.3, 0.4) is 0 Å². The largest absolute Gasteiger partial charge is 0.0628 e. The lowest BCUT2D eigenvalue weighted by Crippen LogP contribution is -2.16. The Morgan fingerprint density at radius 3 is 2.64 bits per heavy atom. The van der Waals surface area contributed by atoms with Crippen LogP contribution in [0.1, 0.15) is 52.9 Å². The van der Waals surface area contributed by atoms with Crippen LogP contribution in [-0.2, 0) is 0 Å². The fourth-order valence-electron chi connectivity index (χ4n) is 2.08. The average Bonchev–Trinajstić information content (AvgIpc) is 1.93. The summed E-state index contributed by atoms with van der Waals surface area (Å²) in [5, 5.41) is 0. The van der Waals surface area contributed by atoms with Crippen molar-refractivity contribution in [3.05, 3.63) is 5.92 Å². The Labute approximate surface area is 71.4 Å². The van der Waals surface area contributed by atoms with Crippen LogP contribution in [0, 0.1) is 17.8 Å². The van der Waals surface area contributed by atoms with Gasteiger partial charge in [-0.15, -0.1) is 0 Å². The Kier molecular flexibility index (Phi) is 3.42. The number of hydrogen-bond acceptors (Lipinski definition) is 0. The second-order valence-corrected chi connectivity index (χ2v) is 4.40. The van der Waals surface area contributed by atoms with Crippen LogP contribution in [0.5, 0.6) is 0 Å². The molecule has 1 atom stereocenters. The molecule has 0 bridgehead atoms. The van der Waals surface area contributed by atoms with Gasteiger partial charge in [-0.1, -0.05) is 40.0 Å². The molecule has 0 spiro atoms. The van der Waals surface area contributed by atoms with E-state index >= 15 is 0 Å². The molecule has 0 N–H and O–H groups in total. The number of hydrogen-bond donors (Lipinski definition) is 0. The first-order chi connectivity index (χ1) is 5.20. The summed E-state index contributed by atoms with van der Waals surface area (Å²) in [5.41, 5.74) is 0. The van der Waals surface area contributed by atoms with E-state index in [1.54, 1.807) is 0 Å². The smallest absolute Gasteiger partial charge is 0.0210 e. The molecule has 0 amide bonds. The molecule has 1 saturated carbocycles. The van der Waals surface area contributed by atoms with E-state index in [9.17, 15) is 0 Å². The summed E-state index contributed by atoms with van der Waals surface area (Å²) in [5.74, 6) is 3.63. The fourth-order valence-corrected chi connectivity index (χ4v) is 2.08. The predicted octanol–water partition coefficient (Wildman–Crippen LogP) is 3.82. The van der Waals surface area contributed by atoms with E-state index in [0.29, 0.717) is 0 Å². The van der Waals surface area contributed by atoms with Gasteiger partial charge >= 0.3 is 0 Å². The molecule has 1 fully saturated rings. The Morgan fingerprint density at radius 1 is 1.36 bits per heavy atom. The van der Waals surface area contributed by atoms with Crippen molar-refractivity contribution in [3.8, 4) is 0 Å². The quantitative estimate of drug-likeness (QED) is 0.566. The van der Waals surface area contributed by atoms with Gasteiger partial charge < -0.3 is 0 Å². The Morgan fingerprint density at radius 2 is 2.09 bits per heavy atom. The molecule has 1 radical (unpaired) electrons.